The summed E-state index contributed by atoms with van der Waals surface area (Å²) < 4.78 is 0. The minimum absolute atomic E-state index is 0.381. The number of hydrogen-bond donors (Lipinski definition) is 0. The molecular weight excluding hydrogens is 230 g/mol. The van der Waals surface area contributed by atoms with E-state index in [9.17, 15) is 0 Å². The summed E-state index contributed by atoms with van der Waals surface area (Å²) in [6, 6.07) is 10.4. The molecule has 3 nitrogen and oxygen atoms in total. The van der Waals surface area contributed by atoms with Gasteiger partial charge in [-0.25, -0.2) is 4.98 Å². The third-order valence-corrected chi connectivity index (χ3v) is 3.38. The van der Waals surface area contributed by atoms with Crippen molar-refractivity contribution in [3.05, 3.63) is 35.3 Å². The quantitative estimate of drug-likeness (QED) is 0.832. The van der Waals surface area contributed by atoms with Gasteiger partial charge in [-0.15, -0.1) is 11.3 Å². The van der Waals surface area contributed by atoms with Crippen molar-refractivity contribution in [3.63, 3.8) is 0 Å². The van der Waals surface area contributed by atoms with Crippen molar-refractivity contribution in [1.82, 2.24) is 4.98 Å². The van der Waals surface area contributed by atoms with E-state index in [0.717, 1.165) is 16.3 Å². The molecule has 0 atom stereocenters. The Hall–Kier alpha value is -1.86. The number of nitrogens with zero attached hydrogens (tertiary/aromatic N) is 3. The van der Waals surface area contributed by atoms with Gasteiger partial charge in [-0.2, -0.15) is 5.26 Å². The van der Waals surface area contributed by atoms with E-state index in [0.29, 0.717) is 6.42 Å². The lowest BCUT2D eigenvalue weighted by molar-refractivity contribution is 1.13. The molecule has 0 N–H and O–H groups in total. The van der Waals surface area contributed by atoms with Crippen molar-refractivity contribution in [2.24, 2.45) is 0 Å². The van der Waals surface area contributed by atoms with E-state index in [2.05, 4.69) is 40.2 Å². The zero-order valence-electron chi connectivity index (χ0n) is 9.84. The topological polar surface area (TPSA) is 39.9 Å². The van der Waals surface area contributed by atoms with Crippen LogP contribution in [-0.2, 0) is 6.42 Å². The van der Waals surface area contributed by atoms with Crippen LogP contribution in [0.25, 0.3) is 10.6 Å². The third kappa shape index (κ3) is 2.63. The standard InChI is InChI=1S/C13H13N3S/c1-16(2)12-5-3-10(4-6-12)13-15-11(7-8-14)9-17-13/h3-6,9H,7H2,1-2H3. The predicted molar refractivity (Wildman–Crippen MR) is 71.2 cm³/mol. The maximum Gasteiger partial charge on any atom is 0.123 e. The lowest BCUT2D eigenvalue weighted by atomic mass is 10.2. The van der Waals surface area contributed by atoms with Crippen LogP contribution in [0.4, 0.5) is 5.69 Å². The first kappa shape index (κ1) is 11.6. The van der Waals surface area contributed by atoms with Crippen molar-refractivity contribution >= 4 is 17.0 Å². The van der Waals surface area contributed by atoms with Crippen LogP contribution in [0, 0.1) is 11.3 Å². The summed E-state index contributed by atoms with van der Waals surface area (Å²) in [7, 11) is 4.03. The lowest BCUT2D eigenvalue weighted by Gasteiger charge is -2.11. The number of thiazole rings is 1. The van der Waals surface area contributed by atoms with E-state index < -0.39 is 0 Å². The molecule has 4 heteroatoms. The SMILES string of the molecule is CN(C)c1ccc(-c2nc(CC#N)cs2)cc1. The molecule has 1 aromatic heterocycles. The van der Waals surface area contributed by atoms with E-state index in [-0.39, 0.29) is 0 Å². The van der Waals surface area contributed by atoms with Crippen molar-refractivity contribution in [2.75, 3.05) is 19.0 Å². The Bertz CT molecular complexity index is 535. The van der Waals surface area contributed by atoms with Crippen molar-refractivity contribution < 1.29 is 0 Å². The molecule has 0 spiro atoms. The van der Waals surface area contributed by atoms with Gasteiger partial charge in [0.15, 0.2) is 0 Å². The molecule has 86 valence electrons. The zero-order valence-corrected chi connectivity index (χ0v) is 10.7. The number of anilines is 1. The fraction of sp³-hybridized carbons (Fsp3) is 0.231. The first-order valence-electron chi connectivity index (χ1n) is 5.30. The Morgan fingerprint density at radius 2 is 2.00 bits per heavy atom. The molecule has 0 radical (unpaired) electrons. The van der Waals surface area contributed by atoms with Crippen LogP contribution in [-0.4, -0.2) is 19.1 Å². The molecule has 0 bridgehead atoms. The molecule has 17 heavy (non-hydrogen) atoms. The van der Waals surface area contributed by atoms with Gasteiger partial charge in [-0.1, -0.05) is 0 Å². The third-order valence-electron chi connectivity index (χ3n) is 2.44. The Balaban J connectivity index is 2.24. The van der Waals surface area contributed by atoms with E-state index >= 15 is 0 Å². The monoisotopic (exact) mass is 243 g/mol. The Morgan fingerprint density at radius 3 is 2.59 bits per heavy atom. The van der Waals surface area contributed by atoms with E-state index in [1.165, 1.54) is 5.69 Å². The summed E-state index contributed by atoms with van der Waals surface area (Å²) in [6.45, 7) is 0. The highest BCUT2D eigenvalue weighted by Crippen LogP contribution is 2.25. The second kappa shape index (κ2) is 4.98. The summed E-state index contributed by atoms with van der Waals surface area (Å²) >= 11 is 1.58. The van der Waals surface area contributed by atoms with Crippen LogP contribution in [0.2, 0.25) is 0 Å². The zero-order chi connectivity index (χ0) is 12.3. The molecule has 2 rings (SSSR count). The second-order valence-electron chi connectivity index (χ2n) is 3.92. The van der Waals surface area contributed by atoms with Crippen LogP contribution in [0.3, 0.4) is 0 Å². The molecule has 0 aliphatic heterocycles. The van der Waals surface area contributed by atoms with Gasteiger partial charge in [0.2, 0.25) is 0 Å². The van der Waals surface area contributed by atoms with Gasteiger partial charge in [0.1, 0.15) is 5.01 Å². The fourth-order valence-corrected chi connectivity index (χ4v) is 2.33. The molecule has 1 heterocycles. The summed E-state index contributed by atoms with van der Waals surface area (Å²) in [4.78, 5) is 6.49. The molecular formula is C13H13N3S. The summed E-state index contributed by atoms with van der Waals surface area (Å²) in [5.74, 6) is 0. The molecule has 2 aromatic rings. The maximum absolute atomic E-state index is 8.61. The average molecular weight is 243 g/mol. The molecule has 0 amide bonds. The van der Waals surface area contributed by atoms with Gasteiger partial charge in [0.25, 0.3) is 0 Å². The fourth-order valence-electron chi connectivity index (χ4n) is 1.50. The molecule has 0 saturated heterocycles. The summed E-state index contributed by atoms with van der Waals surface area (Å²) in [5, 5.41) is 11.5. The Labute approximate surface area is 105 Å². The largest absolute Gasteiger partial charge is 0.378 e. The van der Waals surface area contributed by atoms with Crippen molar-refractivity contribution in [1.29, 1.82) is 5.26 Å². The van der Waals surface area contributed by atoms with Crippen LogP contribution in [0.5, 0.6) is 0 Å². The number of aromatic nitrogens is 1. The number of hydrogen-bond acceptors (Lipinski definition) is 4. The predicted octanol–water partition coefficient (Wildman–Crippen LogP) is 2.94. The van der Waals surface area contributed by atoms with E-state index in [4.69, 9.17) is 5.26 Å². The molecule has 0 unspecified atom stereocenters. The average Bonchev–Trinajstić information content (AvgIpc) is 2.78. The van der Waals surface area contributed by atoms with Gasteiger partial charge in [0.05, 0.1) is 18.2 Å². The smallest absolute Gasteiger partial charge is 0.123 e. The van der Waals surface area contributed by atoms with Crippen LogP contribution in [0.1, 0.15) is 5.69 Å². The normalized spacial score (nSPS) is 9.94. The van der Waals surface area contributed by atoms with Gasteiger partial charge in [-0.3, -0.25) is 0 Å². The van der Waals surface area contributed by atoms with Gasteiger partial charge in [0, 0.05) is 30.7 Å². The molecule has 0 aliphatic carbocycles. The van der Waals surface area contributed by atoms with Crippen LogP contribution >= 0.6 is 11.3 Å². The minimum atomic E-state index is 0.381. The number of benzene rings is 1. The van der Waals surface area contributed by atoms with E-state index in [1.54, 1.807) is 11.3 Å². The van der Waals surface area contributed by atoms with Gasteiger partial charge in [-0.05, 0) is 24.3 Å². The number of nitriles is 1. The highest BCUT2D eigenvalue weighted by Gasteiger charge is 2.04. The molecule has 0 fully saturated rings. The number of rotatable bonds is 3. The highest BCUT2D eigenvalue weighted by atomic mass is 32.1. The van der Waals surface area contributed by atoms with E-state index in [1.807, 2.05) is 19.5 Å². The highest BCUT2D eigenvalue weighted by molar-refractivity contribution is 7.13. The van der Waals surface area contributed by atoms with Gasteiger partial charge < -0.3 is 4.90 Å². The Kier molecular flexibility index (Phi) is 3.40. The van der Waals surface area contributed by atoms with Crippen molar-refractivity contribution in [3.8, 4) is 16.6 Å². The van der Waals surface area contributed by atoms with Crippen LogP contribution < -0.4 is 4.90 Å². The first-order valence-corrected chi connectivity index (χ1v) is 6.18. The lowest BCUT2D eigenvalue weighted by Crippen LogP contribution is -2.07. The Morgan fingerprint density at radius 1 is 1.29 bits per heavy atom. The first-order chi connectivity index (χ1) is 8.20. The summed E-state index contributed by atoms with van der Waals surface area (Å²) in [6.07, 6.45) is 0.381. The molecule has 0 aliphatic rings. The van der Waals surface area contributed by atoms with Gasteiger partial charge >= 0.3 is 0 Å². The maximum atomic E-state index is 8.61. The second-order valence-corrected chi connectivity index (χ2v) is 4.78. The van der Waals surface area contributed by atoms with Crippen molar-refractivity contribution in [2.45, 2.75) is 6.42 Å². The molecule has 1 aromatic carbocycles. The van der Waals surface area contributed by atoms with Crippen LogP contribution in [0.15, 0.2) is 29.6 Å². The summed E-state index contributed by atoms with van der Waals surface area (Å²) in [5.41, 5.74) is 3.12. The molecule has 0 saturated carbocycles. The minimum Gasteiger partial charge on any atom is -0.378 e.